The van der Waals surface area contributed by atoms with Gasteiger partial charge in [0.05, 0.1) is 17.7 Å². The maximum Gasteiger partial charge on any atom is 0.257 e. The van der Waals surface area contributed by atoms with Gasteiger partial charge in [-0.05, 0) is 37.8 Å². The number of hydrogen-bond acceptors (Lipinski definition) is 5. The fraction of sp³-hybridized carbons (Fsp3) is 0.625. The Bertz CT molecular complexity index is 854. The highest BCUT2D eigenvalue weighted by Gasteiger charge is 2.33. The quantitative estimate of drug-likeness (QED) is 0.770. The van der Waals surface area contributed by atoms with Gasteiger partial charge in [0.2, 0.25) is 11.8 Å². The van der Waals surface area contributed by atoms with Crippen LogP contribution >= 0.6 is 0 Å². The number of carbonyl (C=O) groups excluding carboxylic acids is 3. The number of amides is 3. The minimum Gasteiger partial charge on any atom is -0.491 e. The number of benzene rings is 1. The molecule has 1 heterocycles. The summed E-state index contributed by atoms with van der Waals surface area (Å²) in [6.07, 6.45) is 2.59. The average Bonchev–Trinajstić information content (AvgIpc) is 3.56. The first-order chi connectivity index (χ1) is 15.2. The van der Waals surface area contributed by atoms with E-state index < -0.39 is 0 Å². The molecule has 1 aromatic carbocycles. The Morgan fingerprint density at radius 2 is 1.94 bits per heavy atom. The van der Waals surface area contributed by atoms with E-state index in [4.69, 9.17) is 9.47 Å². The van der Waals surface area contributed by atoms with Crippen LogP contribution in [0.15, 0.2) is 18.2 Å². The molecule has 176 valence electrons. The summed E-state index contributed by atoms with van der Waals surface area (Å²) < 4.78 is 11.8. The third-order valence-corrected chi connectivity index (χ3v) is 6.25. The van der Waals surface area contributed by atoms with Crippen molar-refractivity contribution in [1.82, 2.24) is 9.80 Å². The largest absolute Gasteiger partial charge is 0.491 e. The Morgan fingerprint density at radius 3 is 2.56 bits per heavy atom. The zero-order valence-corrected chi connectivity index (χ0v) is 19.7. The van der Waals surface area contributed by atoms with Gasteiger partial charge in [0.15, 0.2) is 0 Å². The van der Waals surface area contributed by atoms with Crippen molar-refractivity contribution in [2.45, 2.75) is 52.2 Å². The van der Waals surface area contributed by atoms with Gasteiger partial charge in [-0.2, -0.15) is 0 Å². The lowest BCUT2D eigenvalue weighted by molar-refractivity contribution is -0.135. The van der Waals surface area contributed by atoms with Crippen molar-refractivity contribution in [1.29, 1.82) is 0 Å². The molecule has 2 aliphatic rings. The fourth-order valence-electron chi connectivity index (χ4n) is 4.09. The van der Waals surface area contributed by atoms with Crippen molar-refractivity contribution in [3.63, 3.8) is 0 Å². The average molecular weight is 446 g/mol. The molecule has 32 heavy (non-hydrogen) atoms. The summed E-state index contributed by atoms with van der Waals surface area (Å²) in [7, 11) is 3.37. The van der Waals surface area contributed by atoms with Crippen LogP contribution in [0.5, 0.6) is 5.75 Å². The van der Waals surface area contributed by atoms with Crippen LogP contribution in [-0.2, 0) is 14.3 Å². The zero-order chi connectivity index (χ0) is 23.4. The second-order valence-electron chi connectivity index (χ2n) is 9.18. The SMILES string of the molecule is CO[C@@H]1CN(C)C(=O)c2ccc(NC(C)=O)cc2OC[C@@H](C)N(C(=O)CC2CC2)C[C@H]1C. The first-order valence-corrected chi connectivity index (χ1v) is 11.3. The minimum atomic E-state index is -0.213. The number of likely N-dealkylation sites (N-methyl/N-ethyl adjacent to an activating group) is 1. The Morgan fingerprint density at radius 1 is 1.22 bits per heavy atom. The summed E-state index contributed by atoms with van der Waals surface area (Å²) in [6, 6.07) is 4.84. The lowest BCUT2D eigenvalue weighted by Gasteiger charge is -2.36. The highest BCUT2D eigenvalue weighted by atomic mass is 16.5. The van der Waals surface area contributed by atoms with Crippen LogP contribution in [0, 0.1) is 11.8 Å². The van der Waals surface area contributed by atoms with Crippen molar-refractivity contribution in [3.05, 3.63) is 23.8 Å². The number of nitrogens with zero attached hydrogens (tertiary/aromatic N) is 2. The summed E-state index contributed by atoms with van der Waals surface area (Å²) in [5.74, 6) is 0.676. The Hall–Kier alpha value is -2.61. The molecule has 3 atom stereocenters. The molecule has 3 rings (SSSR count). The van der Waals surface area contributed by atoms with Gasteiger partial charge in [0.25, 0.3) is 5.91 Å². The highest BCUT2D eigenvalue weighted by molar-refractivity contribution is 5.98. The predicted molar refractivity (Wildman–Crippen MR) is 122 cm³/mol. The standard InChI is InChI=1S/C24H35N3O5/c1-15-12-27(23(29)10-18-6-7-18)16(2)14-32-21-11-19(25-17(3)28)8-9-20(21)24(30)26(4)13-22(15)31-5/h8-9,11,15-16,18,22H,6-7,10,12-14H2,1-5H3,(H,25,28)/t15-,16-,22-/m1/s1. The topological polar surface area (TPSA) is 88.2 Å². The van der Waals surface area contributed by atoms with Crippen molar-refractivity contribution in [2.24, 2.45) is 11.8 Å². The molecule has 0 aromatic heterocycles. The van der Waals surface area contributed by atoms with Gasteiger partial charge < -0.3 is 24.6 Å². The van der Waals surface area contributed by atoms with Crippen molar-refractivity contribution < 1.29 is 23.9 Å². The number of ether oxygens (including phenoxy) is 2. The van der Waals surface area contributed by atoms with Crippen molar-refractivity contribution >= 4 is 23.4 Å². The lowest BCUT2D eigenvalue weighted by Crippen LogP contribution is -2.48. The minimum absolute atomic E-state index is 0.0434. The molecule has 0 saturated heterocycles. The summed E-state index contributed by atoms with van der Waals surface area (Å²) in [5.41, 5.74) is 0.962. The fourth-order valence-corrected chi connectivity index (χ4v) is 4.09. The number of hydrogen-bond donors (Lipinski definition) is 1. The summed E-state index contributed by atoms with van der Waals surface area (Å²) in [4.78, 5) is 41.2. The van der Waals surface area contributed by atoms with Crippen molar-refractivity contribution in [2.75, 3.05) is 39.2 Å². The van der Waals surface area contributed by atoms with E-state index >= 15 is 0 Å². The first-order valence-electron chi connectivity index (χ1n) is 11.3. The van der Waals surface area contributed by atoms with E-state index in [-0.39, 0.29) is 42.4 Å². The first kappa shape index (κ1) is 24.0. The molecule has 3 amide bonds. The van der Waals surface area contributed by atoms with Crippen LogP contribution in [0.4, 0.5) is 5.69 Å². The van der Waals surface area contributed by atoms with E-state index in [1.165, 1.54) is 6.92 Å². The van der Waals surface area contributed by atoms with Gasteiger partial charge in [-0.25, -0.2) is 0 Å². The van der Waals surface area contributed by atoms with Crippen LogP contribution in [-0.4, -0.2) is 73.5 Å². The summed E-state index contributed by atoms with van der Waals surface area (Å²) >= 11 is 0. The Balaban J connectivity index is 1.93. The van der Waals surface area contributed by atoms with Gasteiger partial charge in [0.1, 0.15) is 12.4 Å². The van der Waals surface area contributed by atoms with Gasteiger partial charge >= 0.3 is 0 Å². The molecular formula is C24H35N3O5. The van der Waals surface area contributed by atoms with Crippen LogP contribution in [0.2, 0.25) is 0 Å². The Labute approximate surface area is 190 Å². The maximum atomic E-state index is 13.2. The monoisotopic (exact) mass is 445 g/mol. The van der Waals surface area contributed by atoms with Crippen LogP contribution in [0.1, 0.15) is 50.4 Å². The third-order valence-electron chi connectivity index (χ3n) is 6.25. The van der Waals surface area contributed by atoms with E-state index in [1.54, 1.807) is 37.3 Å². The maximum absolute atomic E-state index is 13.2. The number of anilines is 1. The van der Waals surface area contributed by atoms with Crippen LogP contribution in [0.3, 0.4) is 0 Å². The van der Waals surface area contributed by atoms with Crippen LogP contribution in [0.25, 0.3) is 0 Å². The van der Waals surface area contributed by atoms with Crippen molar-refractivity contribution in [3.8, 4) is 5.75 Å². The molecule has 1 aliphatic carbocycles. The van der Waals surface area contributed by atoms with Gasteiger partial charge in [-0.15, -0.1) is 0 Å². The summed E-state index contributed by atoms with van der Waals surface area (Å²) in [6.45, 7) is 6.62. The van der Waals surface area contributed by atoms with E-state index in [1.807, 2.05) is 11.8 Å². The van der Waals surface area contributed by atoms with Gasteiger partial charge in [-0.1, -0.05) is 6.92 Å². The second-order valence-corrected chi connectivity index (χ2v) is 9.18. The van der Waals surface area contributed by atoms with Crippen LogP contribution < -0.4 is 10.1 Å². The predicted octanol–water partition coefficient (Wildman–Crippen LogP) is 2.78. The molecular weight excluding hydrogens is 410 g/mol. The van der Waals surface area contributed by atoms with Gasteiger partial charge in [0, 0.05) is 58.3 Å². The molecule has 0 bridgehead atoms. The molecule has 1 N–H and O–H groups in total. The molecule has 1 aromatic rings. The molecule has 1 saturated carbocycles. The molecule has 1 fully saturated rings. The number of fused-ring (bicyclic) bond motifs is 1. The van der Waals surface area contributed by atoms with E-state index in [9.17, 15) is 14.4 Å². The highest BCUT2D eigenvalue weighted by Crippen LogP contribution is 2.33. The lowest BCUT2D eigenvalue weighted by atomic mass is 10.0. The van der Waals surface area contributed by atoms with E-state index in [0.29, 0.717) is 42.4 Å². The number of carbonyl (C=O) groups is 3. The molecule has 0 unspecified atom stereocenters. The number of rotatable bonds is 4. The van der Waals surface area contributed by atoms with E-state index in [0.717, 1.165) is 12.8 Å². The third kappa shape index (κ3) is 6.00. The van der Waals surface area contributed by atoms with E-state index in [2.05, 4.69) is 12.2 Å². The zero-order valence-electron chi connectivity index (χ0n) is 19.7. The Kier molecular flexibility index (Phi) is 7.77. The molecule has 0 spiro atoms. The normalized spacial score (nSPS) is 24.7. The molecule has 8 nitrogen and oxygen atoms in total. The summed E-state index contributed by atoms with van der Waals surface area (Å²) in [5, 5.41) is 2.73. The smallest absolute Gasteiger partial charge is 0.257 e. The molecule has 8 heteroatoms. The molecule has 1 aliphatic heterocycles. The number of nitrogens with one attached hydrogen (secondary N) is 1. The molecule has 0 radical (unpaired) electrons. The second kappa shape index (κ2) is 10.3. The number of methoxy groups -OCH3 is 1. The van der Waals surface area contributed by atoms with Gasteiger partial charge in [-0.3, -0.25) is 14.4 Å².